The lowest BCUT2D eigenvalue weighted by Gasteiger charge is -2.18. The molecule has 1 amide bonds. The molecule has 0 unspecified atom stereocenters. The number of carbonyl (C=O) groups excluding carboxylic acids is 1. The highest BCUT2D eigenvalue weighted by atomic mass is 32.2. The van der Waals surface area contributed by atoms with E-state index in [0.29, 0.717) is 12.3 Å². The lowest BCUT2D eigenvalue weighted by molar-refractivity contribution is 0.0924. The monoisotopic (exact) mass is 359 g/mol. The van der Waals surface area contributed by atoms with Crippen molar-refractivity contribution in [3.63, 3.8) is 0 Å². The Morgan fingerprint density at radius 2 is 1.60 bits per heavy atom. The fourth-order valence-corrected chi connectivity index (χ4v) is 3.55. The van der Waals surface area contributed by atoms with Crippen LogP contribution in [0.3, 0.4) is 0 Å². The lowest BCUT2D eigenvalue weighted by Crippen LogP contribution is -2.24. The van der Waals surface area contributed by atoms with Crippen molar-refractivity contribution >= 4 is 17.7 Å². The average Bonchev–Trinajstić information content (AvgIpc) is 3.07. The van der Waals surface area contributed by atoms with Crippen LogP contribution in [0.5, 0.6) is 0 Å². The van der Waals surface area contributed by atoms with E-state index in [4.69, 9.17) is 4.42 Å². The minimum Gasteiger partial charge on any atom is -0.456 e. The first-order valence-electron chi connectivity index (χ1n) is 8.78. The normalized spacial score (nSPS) is 11.0. The van der Waals surface area contributed by atoms with Gasteiger partial charge in [0.05, 0.1) is 0 Å². The summed E-state index contributed by atoms with van der Waals surface area (Å²) < 4.78 is 5.81. The van der Waals surface area contributed by atoms with Crippen LogP contribution in [0.15, 0.2) is 16.5 Å². The molecule has 1 heterocycles. The number of furan rings is 1. The maximum Gasteiger partial charge on any atom is 0.286 e. The second kappa shape index (κ2) is 8.61. The van der Waals surface area contributed by atoms with E-state index >= 15 is 0 Å². The summed E-state index contributed by atoms with van der Waals surface area (Å²) in [6.07, 6.45) is 3.76. The molecule has 0 radical (unpaired) electrons. The molecule has 0 atom stereocenters. The summed E-state index contributed by atoms with van der Waals surface area (Å²) >= 11 is 1.79. The van der Waals surface area contributed by atoms with E-state index < -0.39 is 0 Å². The van der Waals surface area contributed by atoms with Crippen molar-refractivity contribution in [2.24, 2.45) is 0 Å². The van der Waals surface area contributed by atoms with E-state index in [1.54, 1.807) is 17.8 Å². The van der Waals surface area contributed by atoms with Gasteiger partial charge in [0.25, 0.3) is 5.91 Å². The lowest BCUT2D eigenvalue weighted by atomic mass is 9.88. The summed E-state index contributed by atoms with van der Waals surface area (Å²) in [7, 11) is 0. The van der Waals surface area contributed by atoms with Gasteiger partial charge >= 0.3 is 0 Å². The third kappa shape index (κ3) is 4.49. The van der Waals surface area contributed by atoms with Gasteiger partial charge in [-0.25, -0.2) is 0 Å². The fourth-order valence-electron chi connectivity index (χ4n) is 3.12. The Labute approximate surface area is 155 Å². The molecule has 0 spiro atoms. The summed E-state index contributed by atoms with van der Waals surface area (Å²) in [5, 5.41) is 2.91. The van der Waals surface area contributed by atoms with Gasteiger partial charge in [0.2, 0.25) is 0 Å². The summed E-state index contributed by atoms with van der Waals surface area (Å²) in [6, 6.07) is 3.69. The first kappa shape index (κ1) is 19.6. The van der Waals surface area contributed by atoms with E-state index in [0.717, 1.165) is 24.4 Å². The van der Waals surface area contributed by atoms with Gasteiger partial charge in [-0.15, -0.1) is 0 Å². The Bertz CT molecular complexity index is 732. The van der Waals surface area contributed by atoms with Crippen LogP contribution in [0.4, 0.5) is 0 Å². The zero-order chi connectivity index (χ0) is 18.6. The van der Waals surface area contributed by atoms with Crippen LogP contribution in [0.25, 0.3) is 0 Å². The maximum atomic E-state index is 12.1. The molecule has 0 aliphatic carbocycles. The molecule has 0 bridgehead atoms. The third-order valence-corrected chi connectivity index (χ3v) is 5.90. The smallest absolute Gasteiger partial charge is 0.286 e. The number of benzene rings is 1. The Kier molecular flexibility index (Phi) is 6.77. The molecule has 0 fully saturated rings. The highest BCUT2D eigenvalue weighted by Crippen LogP contribution is 2.28. The van der Waals surface area contributed by atoms with Crippen LogP contribution in [0.2, 0.25) is 0 Å². The molecule has 1 N–H and O–H groups in total. The van der Waals surface area contributed by atoms with Crippen molar-refractivity contribution in [3.05, 3.63) is 57.0 Å². The number of amides is 1. The summed E-state index contributed by atoms with van der Waals surface area (Å²) in [4.78, 5) is 12.1. The van der Waals surface area contributed by atoms with Gasteiger partial charge in [-0.1, -0.05) is 0 Å². The van der Waals surface area contributed by atoms with E-state index in [2.05, 4.69) is 46.2 Å². The minimum atomic E-state index is -0.128. The molecule has 2 rings (SSSR count). The highest BCUT2D eigenvalue weighted by Gasteiger charge is 2.16. The van der Waals surface area contributed by atoms with Gasteiger partial charge in [-0.2, -0.15) is 11.8 Å². The van der Waals surface area contributed by atoms with Crippen LogP contribution < -0.4 is 5.32 Å². The van der Waals surface area contributed by atoms with E-state index in [1.165, 1.54) is 33.4 Å². The molecule has 0 aliphatic heterocycles. The van der Waals surface area contributed by atoms with Crippen molar-refractivity contribution in [3.8, 4) is 0 Å². The third-order valence-electron chi connectivity index (χ3n) is 5.20. The second-order valence-corrected chi connectivity index (χ2v) is 7.63. The highest BCUT2D eigenvalue weighted by molar-refractivity contribution is 7.98. The van der Waals surface area contributed by atoms with Crippen molar-refractivity contribution in [1.82, 2.24) is 5.32 Å². The number of carbonyl (C=O) groups is 1. The number of nitrogens with one attached hydrogen (secondary N) is 1. The van der Waals surface area contributed by atoms with Gasteiger partial charge in [-0.3, -0.25) is 4.79 Å². The van der Waals surface area contributed by atoms with Crippen LogP contribution in [-0.2, 0) is 6.42 Å². The Balaban J connectivity index is 2.13. The van der Waals surface area contributed by atoms with E-state index in [-0.39, 0.29) is 5.91 Å². The molecule has 0 aliphatic rings. The molecule has 0 saturated heterocycles. The van der Waals surface area contributed by atoms with Gasteiger partial charge in [-0.05, 0) is 98.6 Å². The zero-order valence-corrected chi connectivity index (χ0v) is 17.0. The summed E-state index contributed by atoms with van der Waals surface area (Å²) in [6.45, 7) is 11.6. The largest absolute Gasteiger partial charge is 0.456 e. The Hall–Kier alpha value is -1.68. The number of hydrogen-bond donors (Lipinski definition) is 1. The number of rotatable bonds is 7. The van der Waals surface area contributed by atoms with Crippen molar-refractivity contribution < 1.29 is 9.21 Å². The molecule has 0 saturated carbocycles. The molecule has 136 valence electrons. The zero-order valence-electron chi connectivity index (χ0n) is 16.2. The van der Waals surface area contributed by atoms with E-state index in [9.17, 15) is 4.79 Å². The topological polar surface area (TPSA) is 42.2 Å². The van der Waals surface area contributed by atoms with Crippen LogP contribution in [0.1, 0.15) is 56.1 Å². The van der Waals surface area contributed by atoms with Gasteiger partial charge in [0.1, 0.15) is 5.76 Å². The predicted octanol–water partition coefficient (Wildman–Crippen LogP) is 4.90. The molecule has 1 aromatic heterocycles. The fraction of sp³-hybridized carbons (Fsp3) is 0.476. The maximum absolute atomic E-state index is 12.1. The van der Waals surface area contributed by atoms with Crippen molar-refractivity contribution in [2.45, 2.75) is 47.5 Å². The SMILES string of the molecule is CSCCCNC(=O)c1ccc(Cc2c(C)c(C)c(C)c(C)c2C)o1. The summed E-state index contributed by atoms with van der Waals surface area (Å²) in [5.74, 6) is 2.16. The first-order valence-corrected chi connectivity index (χ1v) is 10.2. The van der Waals surface area contributed by atoms with E-state index in [1.807, 2.05) is 6.07 Å². The van der Waals surface area contributed by atoms with Crippen LogP contribution >= 0.6 is 11.8 Å². The predicted molar refractivity (Wildman–Crippen MR) is 107 cm³/mol. The van der Waals surface area contributed by atoms with Crippen LogP contribution in [-0.4, -0.2) is 24.5 Å². The first-order chi connectivity index (χ1) is 11.9. The van der Waals surface area contributed by atoms with Crippen LogP contribution in [0, 0.1) is 34.6 Å². The average molecular weight is 360 g/mol. The standard InChI is InChI=1S/C21H29NO2S/c1-13-14(2)16(4)19(17(5)15(13)3)12-18-8-9-20(24-18)21(23)22-10-7-11-25-6/h8-9H,7,10-12H2,1-6H3,(H,22,23). The molecule has 2 aromatic rings. The summed E-state index contributed by atoms with van der Waals surface area (Å²) in [5.41, 5.74) is 8.00. The van der Waals surface area contributed by atoms with Gasteiger partial charge in [0, 0.05) is 13.0 Å². The second-order valence-electron chi connectivity index (χ2n) is 6.65. The number of thioether (sulfide) groups is 1. The molecule has 25 heavy (non-hydrogen) atoms. The van der Waals surface area contributed by atoms with Gasteiger partial charge in [0.15, 0.2) is 5.76 Å². The number of hydrogen-bond acceptors (Lipinski definition) is 3. The Morgan fingerprint density at radius 1 is 1.00 bits per heavy atom. The van der Waals surface area contributed by atoms with Crippen molar-refractivity contribution in [2.75, 3.05) is 18.6 Å². The van der Waals surface area contributed by atoms with Crippen molar-refractivity contribution in [1.29, 1.82) is 0 Å². The quantitative estimate of drug-likeness (QED) is 0.715. The Morgan fingerprint density at radius 3 is 2.20 bits per heavy atom. The minimum absolute atomic E-state index is 0.128. The molecule has 3 nitrogen and oxygen atoms in total. The molecule has 4 heteroatoms. The van der Waals surface area contributed by atoms with Gasteiger partial charge < -0.3 is 9.73 Å². The molecule has 1 aromatic carbocycles. The molecular formula is C21H29NO2S. The molecular weight excluding hydrogens is 330 g/mol.